The van der Waals surface area contributed by atoms with E-state index in [2.05, 4.69) is 0 Å². The van der Waals surface area contributed by atoms with Crippen molar-refractivity contribution in [3.63, 3.8) is 0 Å². The monoisotopic (exact) mass is 214 g/mol. The molecule has 1 rings (SSSR count). The maximum atomic E-state index is 12.9. The summed E-state index contributed by atoms with van der Waals surface area (Å²) < 4.78 is 12.9. The Morgan fingerprint density at radius 1 is 1.33 bits per heavy atom. The van der Waals surface area contributed by atoms with Crippen LogP contribution in [0.2, 0.25) is 0 Å². The first-order valence-corrected chi connectivity index (χ1v) is 4.67. The van der Waals surface area contributed by atoms with Gasteiger partial charge in [-0.25, -0.2) is 4.39 Å². The van der Waals surface area contributed by atoms with E-state index in [0.717, 1.165) is 6.07 Å². The van der Waals surface area contributed by atoms with Gasteiger partial charge in [0, 0.05) is 11.3 Å². The Kier molecular flexibility index (Phi) is 4.02. The minimum absolute atomic E-state index is 0.191. The molecule has 6 N–H and O–H groups in total. The molecule has 0 aromatic heterocycles. The van der Waals surface area contributed by atoms with Crippen molar-refractivity contribution < 1.29 is 14.6 Å². The zero-order valence-corrected chi connectivity index (χ0v) is 8.23. The number of hydrogen-bond acceptors (Lipinski definition) is 4. The lowest BCUT2D eigenvalue weighted by Gasteiger charge is -2.18. The average Bonchev–Trinajstić information content (AvgIpc) is 2.21. The van der Waals surface area contributed by atoms with Crippen LogP contribution >= 0.6 is 0 Å². The number of hydrogen-bond donors (Lipinski definition) is 4. The van der Waals surface area contributed by atoms with E-state index in [1.54, 1.807) is 0 Å². The highest BCUT2D eigenvalue weighted by atomic mass is 19.1. The van der Waals surface area contributed by atoms with Gasteiger partial charge in [-0.3, -0.25) is 0 Å². The fourth-order valence-corrected chi connectivity index (χ4v) is 1.34. The molecule has 84 valence electrons. The number of benzene rings is 1. The second kappa shape index (κ2) is 5.06. The van der Waals surface area contributed by atoms with Crippen molar-refractivity contribution in [3.05, 3.63) is 29.6 Å². The third-order valence-corrected chi connectivity index (χ3v) is 2.19. The van der Waals surface area contributed by atoms with Gasteiger partial charge in [-0.2, -0.15) is 0 Å². The van der Waals surface area contributed by atoms with E-state index in [1.165, 1.54) is 12.1 Å². The minimum Gasteiger partial charge on any atom is -0.398 e. The molecule has 1 aromatic rings. The summed E-state index contributed by atoms with van der Waals surface area (Å²) in [4.78, 5) is 0. The van der Waals surface area contributed by atoms with E-state index >= 15 is 0 Å². The fourth-order valence-electron chi connectivity index (χ4n) is 1.34. The van der Waals surface area contributed by atoms with E-state index in [4.69, 9.17) is 11.5 Å². The first kappa shape index (κ1) is 11.9. The third-order valence-electron chi connectivity index (χ3n) is 2.19. The largest absolute Gasteiger partial charge is 0.398 e. The van der Waals surface area contributed by atoms with Crippen LogP contribution in [0.3, 0.4) is 0 Å². The maximum Gasteiger partial charge on any atom is 0.123 e. The van der Waals surface area contributed by atoms with Crippen LogP contribution in [-0.4, -0.2) is 22.9 Å². The molecule has 5 heteroatoms. The summed E-state index contributed by atoms with van der Waals surface area (Å²) in [5.41, 5.74) is 11.2. The van der Waals surface area contributed by atoms with Crippen LogP contribution in [0, 0.1) is 5.82 Å². The highest BCUT2D eigenvalue weighted by molar-refractivity contribution is 5.48. The van der Waals surface area contributed by atoms with Crippen molar-refractivity contribution in [2.45, 2.75) is 18.6 Å². The number of anilines is 1. The van der Waals surface area contributed by atoms with Gasteiger partial charge in [0.1, 0.15) is 11.9 Å². The van der Waals surface area contributed by atoms with E-state index in [9.17, 15) is 14.6 Å². The molecule has 0 amide bonds. The normalized spacial score (nSPS) is 14.9. The molecular formula is C10H15FN2O2. The van der Waals surface area contributed by atoms with Gasteiger partial charge in [-0.15, -0.1) is 0 Å². The van der Waals surface area contributed by atoms with E-state index in [0.29, 0.717) is 0 Å². The number of rotatable bonds is 4. The molecule has 0 heterocycles. The highest BCUT2D eigenvalue weighted by Crippen LogP contribution is 2.25. The topological polar surface area (TPSA) is 92.5 Å². The zero-order chi connectivity index (χ0) is 11.4. The van der Waals surface area contributed by atoms with Gasteiger partial charge >= 0.3 is 0 Å². The van der Waals surface area contributed by atoms with Gasteiger partial charge < -0.3 is 21.7 Å². The number of nitrogen functional groups attached to an aromatic ring is 1. The number of aliphatic hydroxyl groups excluding tert-OH is 2. The van der Waals surface area contributed by atoms with Crippen LogP contribution in [0.1, 0.15) is 18.1 Å². The van der Waals surface area contributed by atoms with Gasteiger partial charge in [0.2, 0.25) is 0 Å². The Hall–Kier alpha value is -1.17. The summed E-state index contributed by atoms with van der Waals surface area (Å²) in [5, 5.41) is 19.2. The SMILES string of the molecule is NCCC(O)C(O)c1cc(F)ccc1N. The number of halogens is 1. The average molecular weight is 214 g/mol. The van der Waals surface area contributed by atoms with Crippen molar-refractivity contribution in [1.82, 2.24) is 0 Å². The van der Waals surface area contributed by atoms with Gasteiger partial charge in [-0.1, -0.05) is 0 Å². The maximum absolute atomic E-state index is 12.9. The smallest absolute Gasteiger partial charge is 0.123 e. The zero-order valence-electron chi connectivity index (χ0n) is 8.23. The molecule has 0 aliphatic heterocycles. The Morgan fingerprint density at radius 3 is 2.60 bits per heavy atom. The molecule has 1 aromatic carbocycles. The van der Waals surface area contributed by atoms with E-state index < -0.39 is 18.0 Å². The van der Waals surface area contributed by atoms with Gasteiger partial charge in [0.05, 0.1) is 6.10 Å². The second-order valence-corrected chi connectivity index (χ2v) is 3.36. The minimum atomic E-state index is -1.20. The van der Waals surface area contributed by atoms with Gasteiger partial charge in [0.15, 0.2) is 0 Å². The lowest BCUT2D eigenvalue weighted by Crippen LogP contribution is -2.22. The van der Waals surface area contributed by atoms with Crippen LogP contribution in [0.4, 0.5) is 10.1 Å². The Balaban J connectivity index is 2.89. The van der Waals surface area contributed by atoms with Crippen molar-refractivity contribution in [3.8, 4) is 0 Å². The molecule has 0 aliphatic rings. The lowest BCUT2D eigenvalue weighted by molar-refractivity contribution is 0.0153. The standard InChI is InChI=1S/C10H15FN2O2/c11-6-1-2-8(13)7(5-6)10(15)9(14)3-4-12/h1-2,5,9-10,14-15H,3-4,12-13H2. The Morgan fingerprint density at radius 2 is 2.00 bits per heavy atom. The first-order valence-electron chi connectivity index (χ1n) is 4.67. The van der Waals surface area contributed by atoms with Crippen molar-refractivity contribution >= 4 is 5.69 Å². The molecule has 0 aliphatic carbocycles. The summed E-state index contributed by atoms with van der Waals surface area (Å²) in [6.45, 7) is 0.243. The summed E-state index contributed by atoms with van der Waals surface area (Å²) in [7, 11) is 0. The van der Waals surface area contributed by atoms with Crippen LogP contribution in [0.5, 0.6) is 0 Å². The molecule has 2 unspecified atom stereocenters. The van der Waals surface area contributed by atoms with Crippen molar-refractivity contribution in [2.75, 3.05) is 12.3 Å². The quantitative estimate of drug-likeness (QED) is 0.537. The summed E-state index contributed by atoms with van der Waals surface area (Å²) in [5.74, 6) is -0.502. The summed E-state index contributed by atoms with van der Waals surface area (Å²) >= 11 is 0. The lowest BCUT2D eigenvalue weighted by atomic mass is 10.0. The Labute approximate surface area is 87.3 Å². The van der Waals surface area contributed by atoms with Gasteiger partial charge in [-0.05, 0) is 31.2 Å². The molecule has 0 fully saturated rings. The van der Waals surface area contributed by atoms with Crippen LogP contribution in [0.15, 0.2) is 18.2 Å². The predicted molar refractivity (Wildman–Crippen MR) is 55.5 cm³/mol. The molecule has 0 saturated heterocycles. The number of aliphatic hydroxyl groups is 2. The van der Waals surface area contributed by atoms with Gasteiger partial charge in [0.25, 0.3) is 0 Å². The molecule has 4 nitrogen and oxygen atoms in total. The van der Waals surface area contributed by atoms with Crippen LogP contribution in [0.25, 0.3) is 0 Å². The molecule has 15 heavy (non-hydrogen) atoms. The summed E-state index contributed by atoms with van der Waals surface area (Å²) in [6, 6.07) is 3.66. The highest BCUT2D eigenvalue weighted by Gasteiger charge is 2.20. The molecule has 0 saturated carbocycles. The second-order valence-electron chi connectivity index (χ2n) is 3.36. The molecule has 0 bridgehead atoms. The third kappa shape index (κ3) is 2.89. The van der Waals surface area contributed by atoms with Crippen LogP contribution < -0.4 is 11.5 Å². The number of nitrogens with two attached hydrogens (primary N) is 2. The summed E-state index contributed by atoms with van der Waals surface area (Å²) in [6.07, 6.45) is -2.00. The van der Waals surface area contributed by atoms with Crippen molar-refractivity contribution in [2.24, 2.45) is 5.73 Å². The fraction of sp³-hybridized carbons (Fsp3) is 0.400. The Bertz CT molecular complexity index is 333. The molecular weight excluding hydrogens is 199 g/mol. The predicted octanol–water partition coefficient (Wildman–Crippen LogP) is 0.151. The molecule has 2 atom stereocenters. The van der Waals surface area contributed by atoms with E-state index in [-0.39, 0.29) is 24.2 Å². The van der Waals surface area contributed by atoms with Crippen molar-refractivity contribution in [1.29, 1.82) is 0 Å². The molecule has 0 spiro atoms. The first-order chi connectivity index (χ1) is 7.06. The molecule has 0 radical (unpaired) electrons. The van der Waals surface area contributed by atoms with E-state index in [1.807, 2.05) is 0 Å². The van der Waals surface area contributed by atoms with Crippen LogP contribution in [-0.2, 0) is 0 Å².